The zero-order valence-electron chi connectivity index (χ0n) is 11.5. The number of aromatic carboxylic acids is 1. The summed E-state index contributed by atoms with van der Waals surface area (Å²) in [5.74, 6) is -0.201. The summed E-state index contributed by atoms with van der Waals surface area (Å²) in [6.45, 7) is 0.514. The summed E-state index contributed by atoms with van der Waals surface area (Å²) in [5.41, 5.74) is 0.679. The largest absolute Gasteiger partial charge is 0.493 e. The van der Waals surface area contributed by atoms with Crippen LogP contribution in [0.2, 0.25) is 4.34 Å². The van der Waals surface area contributed by atoms with Crippen LogP contribution in [0.5, 0.6) is 11.5 Å². The average molecular weight is 328 g/mol. The summed E-state index contributed by atoms with van der Waals surface area (Å²) in [5, 5.41) is 12.3. The van der Waals surface area contributed by atoms with Gasteiger partial charge in [-0.1, -0.05) is 11.6 Å². The number of nitrogens with one attached hydrogen (secondary N) is 1. The summed E-state index contributed by atoms with van der Waals surface area (Å²) < 4.78 is 11.2. The molecule has 0 saturated heterocycles. The van der Waals surface area contributed by atoms with Gasteiger partial charge in [-0.3, -0.25) is 0 Å². The first-order valence-corrected chi connectivity index (χ1v) is 7.22. The third-order valence-corrected chi connectivity index (χ3v) is 4.04. The van der Waals surface area contributed by atoms with Crippen molar-refractivity contribution in [3.05, 3.63) is 39.0 Å². The van der Waals surface area contributed by atoms with E-state index < -0.39 is 5.97 Å². The molecule has 0 aliphatic rings. The number of anilines is 1. The molecule has 0 saturated carbocycles. The number of benzene rings is 1. The minimum absolute atomic E-state index is 0.124. The van der Waals surface area contributed by atoms with Crippen molar-refractivity contribution in [1.82, 2.24) is 0 Å². The number of hydrogen-bond acceptors (Lipinski definition) is 5. The molecule has 2 aromatic rings. The van der Waals surface area contributed by atoms with Crippen molar-refractivity contribution < 1.29 is 19.4 Å². The van der Waals surface area contributed by atoms with Crippen LogP contribution in [0.15, 0.2) is 24.3 Å². The third-order valence-electron chi connectivity index (χ3n) is 2.81. The van der Waals surface area contributed by atoms with Crippen molar-refractivity contribution in [2.75, 3.05) is 19.5 Å². The second-order valence-electron chi connectivity index (χ2n) is 4.12. The second-order valence-corrected chi connectivity index (χ2v) is 5.92. The van der Waals surface area contributed by atoms with E-state index in [0.717, 1.165) is 4.88 Å². The molecule has 1 aromatic carbocycles. The van der Waals surface area contributed by atoms with Gasteiger partial charge in [0.05, 0.1) is 29.8 Å². The van der Waals surface area contributed by atoms with Gasteiger partial charge in [-0.05, 0) is 24.3 Å². The van der Waals surface area contributed by atoms with Crippen molar-refractivity contribution in [3.63, 3.8) is 0 Å². The van der Waals surface area contributed by atoms with Gasteiger partial charge in [0, 0.05) is 11.4 Å². The van der Waals surface area contributed by atoms with Crippen LogP contribution < -0.4 is 14.8 Å². The van der Waals surface area contributed by atoms with E-state index in [2.05, 4.69) is 5.32 Å². The van der Waals surface area contributed by atoms with Gasteiger partial charge < -0.3 is 19.9 Å². The Labute approximate surface area is 131 Å². The Morgan fingerprint density at radius 3 is 2.62 bits per heavy atom. The molecule has 0 atom stereocenters. The van der Waals surface area contributed by atoms with E-state index in [0.29, 0.717) is 28.1 Å². The molecule has 0 unspecified atom stereocenters. The number of rotatable bonds is 6. The lowest BCUT2D eigenvalue weighted by molar-refractivity contribution is 0.0696. The van der Waals surface area contributed by atoms with Gasteiger partial charge in [0.1, 0.15) is 0 Å². The van der Waals surface area contributed by atoms with Crippen LogP contribution >= 0.6 is 22.9 Å². The van der Waals surface area contributed by atoms with E-state index in [1.54, 1.807) is 0 Å². The number of methoxy groups -OCH3 is 2. The fourth-order valence-corrected chi connectivity index (χ4v) is 2.88. The van der Waals surface area contributed by atoms with Crippen molar-refractivity contribution in [1.29, 1.82) is 0 Å². The number of carboxylic acids is 1. The number of ether oxygens (including phenoxy) is 2. The SMILES string of the molecule is COc1cc(C(=O)O)cc(NCc2ccc(Cl)s2)c1OC. The van der Waals surface area contributed by atoms with Gasteiger partial charge in [-0.2, -0.15) is 0 Å². The highest BCUT2D eigenvalue weighted by Crippen LogP contribution is 2.37. The molecule has 0 amide bonds. The first-order chi connectivity index (χ1) is 10.0. The first kappa shape index (κ1) is 15.5. The maximum Gasteiger partial charge on any atom is 0.335 e. The van der Waals surface area contributed by atoms with Crippen LogP contribution in [0.4, 0.5) is 5.69 Å². The second kappa shape index (κ2) is 6.69. The zero-order chi connectivity index (χ0) is 15.4. The highest BCUT2D eigenvalue weighted by Gasteiger charge is 2.15. The van der Waals surface area contributed by atoms with Gasteiger partial charge in [0.25, 0.3) is 0 Å². The molecular formula is C14H14ClNO4S. The lowest BCUT2D eigenvalue weighted by Crippen LogP contribution is -2.05. The monoisotopic (exact) mass is 327 g/mol. The Balaban J connectivity index is 2.31. The Bertz CT molecular complexity index is 656. The lowest BCUT2D eigenvalue weighted by Gasteiger charge is -2.15. The number of halogens is 1. The van der Waals surface area contributed by atoms with Gasteiger partial charge in [0.15, 0.2) is 11.5 Å². The molecule has 1 aromatic heterocycles. The number of thiophene rings is 1. The molecule has 0 fully saturated rings. The predicted molar refractivity (Wildman–Crippen MR) is 83.2 cm³/mol. The number of hydrogen-bond donors (Lipinski definition) is 2. The Morgan fingerprint density at radius 2 is 2.10 bits per heavy atom. The highest BCUT2D eigenvalue weighted by molar-refractivity contribution is 7.16. The molecule has 7 heteroatoms. The van der Waals surface area contributed by atoms with Crippen molar-refractivity contribution >= 4 is 34.6 Å². The zero-order valence-corrected chi connectivity index (χ0v) is 13.0. The van der Waals surface area contributed by atoms with Crippen LogP contribution in [0.25, 0.3) is 0 Å². The van der Waals surface area contributed by atoms with E-state index in [1.807, 2.05) is 12.1 Å². The van der Waals surface area contributed by atoms with Crippen LogP contribution in [0.3, 0.4) is 0 Å². The normalized spacial score (nSPS) is 10.2. The third kappa shape index (κ3) is 3.59. The molecule has 2 rings (SSSR count). The summed E-state index contributed by atoms with van der Waals surface area (Å²) in [7, 11) is 2.97. The predicted octanol–water partition coefficient (Wildman–Crippen LogP) is 3.73. The van der Waals surface area contributed by atoms with E-state index in [1.165, 1.54) is 37.7 Å². The van der Waals surface area contributed by atoms with E-state index in [4.69, 9.17) is 26.2 Å². The molecule has 0 aliphatic carbocycles. The van der Waals surface area contributed by atoms with Crippen LogP contribution in [0.1, 0.15) is 15.2 Å². The van der Waals surface area contributed by atoms with Gasteiger partial charge in [-0.25, -0.2) is 4.79 Å². The first-order valence-electron chi connectivity index (χ1n) is 6.02. The van der Waals surface area contributed by atoms with E-state index >= 15 is 0 Å². The number of carboxylic acid groups (broad SMARTS) is 1. The molecule has 0 bridgehead atoms. The molecule has 112 valence electrons. The van der Waals surface area contributed by atoms with Gasteiger partial charge in [-0.15, -0.1) is 11.3 Å². The smallest absolute Gasteiger partial charge is 0.335 e. The number of carbonyl (C=O) groups is 1. The minimum atomic E-state index is -1.03. The fourth-order valence-electron chi connectivity index (χ4n) is 1.85. The highest BCUT2D eigenvalue weighted by atomic mass is 35.5. The topological polar surface area (TPSA) is 67.8 Å². The van der Waals surface area contributed by atoms with Gasteiger partial charge >= 0.3 is 5.97 Å². The van der Waals surface area contributed by atoms with Crippen LogP contribution in [0, 0.1) is 0 Å². The molecule has 1 heterocycles. The van der Waals surface area contributed by atoms with Crippen molar-refractivity contribution in [2.45, 2.75) is 6.54 Å². The summed E-state index contributed by atoms with van der Waals surface area (Å²) in [4.78, 5) is 12.2. The van der Waals surface area contributed by atoms with E-state index in [9.17, 15) is 4.79 Å². The molecule has 5 nitrogen and oxygen atoms in total. The van der Waals surface area contributed by atoms with E-state index in [-0.39, 0.29) is 5.56 Å². The van der Waals surface area contributed by atoms with Crippen LogP contribution in [-0.2, 0) is 6.54 Å². The molecular weight excluding hydrogens is 314 g/mol. The minimum Gasteiger partial charge on any atom is -0.493 e. The molecule has 0 radical (unpaired) electrons. The lowest BCUT2D eigenvalue weighted by atomic mass is 10.1. The standard InChI is InChI=1S/C14H14ClNO4S/c1-19-11-6-8(14(17)18)5-10(13(11)20-2)16-7-9-3-4-12(15)21-9/h3-6,16H,7H2,1-2H3,(H,17,18). The van der Waals surface area contributed by atoms with Crippen molar-refractivity contribution in [2.24, 2.45) is 0 Å². The maximum absolute atomic E-state index is 11.2. The van der Waals surface area contributed by atoms with Crippen LogP contribution in [-0.4, -0.2) is 25.3 Å². The van der Waals surface area contributed by atoms with Gasteiger partial charge in [0.2, 0.25) is 0 Å². The maximum atomic E-state index is 11.2. The Kier molecular flexibility index (Phi) is 4.93. The Morgan fingerprint density at radius 1 is 1.33 bits per heavy atom. The average Bonchev–Trinajstić information content (AvgIpc) is 2.89. The molecule has 0 aliphatic heterocycles. The Hall–Kier alpha value is -1.92. The molecule has 0 spiro atoms. The van der Waals surface area contributed by atoms with Crippen molar-refractivity contribution in [3.8, 4) is 11.5 Å². The molecule has 21 heavy (non-hydrogen) atoms. The fraction of sp³-hybridized carbons (Fsp3) is 0.214. The molecule has 2 N–H and O–H groups in total. The summed E-state index contributed by atoms with van der Waals surface area (Å²) in [6.07, 6.45) is 0. The quantitative estimate of drug-likeness (QED) is 0.846. The summed E-state index contributed by atoms with van der Waals surface area (Å²) >= 11 is 7.34. The summed E-state index contributed by atoms with van der Waals surface area (Å²) in [6, 6.07) is 6.66.